The molecular formula is C19H22N6O4. The Labute approximate surface area is 165 Å². The number of aromatic amines is 1. The maximum Gasteiger partial charge on any atom is 0.328 e. The average Bonchev–Trinajstić information content (AvgIpc) is 3.14. The number of aromatic nitrogens is 3. The van der Waals surface area contributed by atoms with Gasteiger partial charge in [-0.15, -0.1) is 0 Å². The predicted octanol–water partition coefficient (Wildman–Crippen LogP) is -0.103. The average molecular weight is 398 g/mol. The number of piperazine rings is 1. The highest BCUT2D eigenvalue weighted by atomic mass is 16.3. The summed E-state index contributed by atoms with van der Waals surface area (Å²) in [7, 11) is 2.99. The maximum atomic E-state index is 12.1. The molecule has 0 aliphatic carbocycles. The van der Waals surface area contributed by atoms with Crippen LogP contribution in [0, 0.1) is 0 Å². The molecule has 0 spiro atoms. The van der Waals surface area contributed by atoms with Crippen molar-refractivity contribution in [2.75, 3.05) is 38.1 Å². The van der Waals surface area contributed by atoms with Gasteiger partial charge in [0.15, 0.2) is 0 Å². The van der Waals surface area contributed by atoms with Crippen LogP contribution < -0.4 is 21.5 Å². The van der Waals surface area contributed by atoms with Crippen molar-refractivity contribution in [3.05, 3.63) is 56.7 Å². The van der Waals surface area contributed by atoms with Gasteiger partial charge in [-0.1, -0.05) is 0 Å². The number of carbonyl (C=O) groups is 1. The number of amides is 1. The third kappa shape index (κ3) is 3.66. The van der Waals surface area contributed by atoms with Gasteiger partial charge in [0.25, 0.3) is 11.5 Å². The molecule has 4 heterocycles. The van der Waals surface area contributed by atoms with Crippen molar-refractivity contribution in [3.63, 3.8) is 0 Å². The van der Waals surface area contributed by atoms with E-state index in [1.54, 1.807) is 25.4 Å². The van der Waals surface area contributed by atoms with Crippen LogP contribution in [0.2, 0.25) is 0 Å². The maximum absolute atomic E-state index is 12.1. The summed E-state index contributed by atoms with van der Waals surface area (Å²) in [5, 5.41) is 2.56. The fourth-order valence-electron chi connectivity index (χ4n) is 3.44. The molecule has 1 amide bonds. The van der Waals surface area contributed by atoms with E-state index in [-0.39, 0.29) is 11.5 Å². The van der Waals surface area contributed by atoms with Crippen molar-refractivity contribution in [2.45, 2.75) is 6.54 Å². The van der Waals surface area contributed by atoms with Crippen molar-refractivity contribution < 1.29 is 9.21 Å². The number of carbonyl (C=O) groups excluding carboxylic acids is 1. The van der Waals surface area contributed by atoms with E-state index in [4.69, 9.17) is 4.42 Å². The number of hydrogen-bond donors (Lipinski definition) is 2. The van der Waals surface area contributed by atoms with Crippen LogP contribution in [0.15, 0.2) is 38.4 Å². The van der Waals surface area contributed by atoms with Gasteiger partial charge in [-0.2, -0.15) is 0 Å². The second-order valence-corrected chi connectivity index (χ2v) is 6.99. The van der Waals surface area contributed by atoms with Crippen LogP contribution in [-0.4, -0.2) is 58.6 Å². The van der Waals surface area contributed by atoms with E-state index >= 15 is 0 Å². The van der Waals surface area contributed by atoms with E-state index in [0.717, 1.165) is 36.4 Å². The number of fused-ring (bicyclic) bond motifs is 1. The van der Waals surface area contributed by atoms with Crippen LogP contribution in [0.1, 0.15) is 16.2 Å². The smallest absolute Gasteiger partial charge is 0.328 e. The lowest BCUT2D eigenvalue weighted by atomic mass is 10.2. The summed E-state index contributed by atoms with van der Waals surface area (Å²) in [5.74, 6) is 0.437. The summed E-state index contributed by atoms with van der Waals surface area (Å²) in [6.07, 6.45) is 1.71. The number of rotatable bonds is 4. The zero-order valence-electron chi connectivity index (χ0n) is 16.3. The van der Waals surface area contributed by atoms with Crippen molar-refractivity contribution in [2.24, 2.45) is 7.05 Å². The number of nitrogens with one attached hydrogen (secondary N) is 2. The standard InChI is InChI=1S/C19H22N6O4/c1-20-17(26)14-4-3-12(10-21-14)25-7-5-24(6-8-25)11-13-9-15-16(29-13)18(27)23(2)19(28)22-15/h3-4,9-10H,5-8,11H2,1-2H3,(H,20,26)(H,22,28). The molecule has 1 saturated heterocycles. The molecule has 4 rings (SSSR count). The van der Waals surface area contributed by atoms with Crippen LogP contribution >= 0.6 is 0 Å². The Bertz CT molecular complexity index is 1150. The minimum atomic E-state index is -0.459. The van der Waals surface area contributed by atoms with Gasteiger partial charge in [-0.25, -0.2) is 9.78 Å². The van der Waals surface area contributed by atoms with Crippen LogP contribution in [0.25, 0.3) is 11.1 Å². The van der Waals surface area contributed by atoms with Gasteiger partial charge in [0.2, 0.25) is 5.58 Å². The molecule has 1 aliphatic heterocycles. The molecule has 0 aromatic carbocycles. The topological polar surface area (TPSA) is 116 Å². The third-order valence-corrected chi connectivity index (χ3v) is 5.15. The van der Waals surface area contributed by atoms with Crippen molar-refractivity contribution >= 4 is 22.7 Å². The summed E-state index contributed by atoms with van der Waals surface area (Å²) >= 11 is 0. The molecule has 152 valence electrons. The lowest BCUT2D eigenvalue weighted by molar-refractivity contribution is 0.0958. The van der Waals surface area contributed by atoms with Gasteiger partial charge >= 0.3 is 5.69 Å². The Morgan fingerprint density at radius 1 is 1.24 bits per heavy atom. The number of nitrogens with zero attached hydrogens (tertiary/aromatic N) is 4. The summed E-state index contributed by atoms with van der Waals surface area (Å²) in [5.41, 5.74) is 1.06. The second kappa shape index (κ2) is 7.55. The van der Waals surface area contributed by atoms with Crippen LogP contribution in [0.3, 0.4) is 0 Å². The van der Waals surface area contributed by atoms with Gasteiger partial charge in [0, 0.05) is 46.3 Å². The van der Waals surface area contributed by atoms with Crippen LogP contribution in [0.5, 0.6) is 0 Å². The minimum Gasteiger partial charge on any atom is -0.452 e. The Hall–Kier alpha value is -3.40. The monoisotopic (exact) mass is 398 g/mol. The number of H-pyrrole nitrogens is 1. The first-order valence-corrected chi connectivity index (χ1v) is 9.33. The molecule has 2 N–H and O–H groups in total. The largest absolute Gasteiger partial charge is 0.452 e. The summed E-state index contributed by atoms with van der Waals surface area (Å²) in [6, 6.07) is 5.33. The van der Waals surface area contributed by atoms with Gasteiger partial charge in [0.1, 0.15) is 11.5 Å². The lowest BCUT2D eigenvalue weighted by Crippen LogP contribution is -2.46. The van der Waals surface area contributed by atoms with Gasteiger partial charge in [-0.05, 0) is 12.1 Å². The Balaban J connectivity index is 1.41. The normalized spacial score (nSPS) is 15.0. The van der Waals surface area contributed by atoms with Crippen LogP contribution in [-0.2, 0) is 13.6 Å². The molecule has 29 heavy (non-hydrogen) atoms. The van der Waals surface area contributed by atoms with E-state index in [0.29, 0.717) is 23.5 Å². The zero-order valence-corrected chi connectivity index (χ0v) is 16.3. The summed E-state index contributed by atoms with van der Waals surface area (Å²) in [6.45, 7) is 3.78. The highest BCUT2D eigenvalue weighted by molar-refractivity contribution is 5.92. The molecule has 3 aromatic rings. The lowest BCUT2D eigenvalue weighted by Gasteiger charge is -2.35. The fraction of sp³-hybridized carbons (Fsp3) is 0.368. The zero-order chi connectivity index (χ0) is 20.5. The Morgan fingerprint density at radius 3 is 2.66 bits per heavy atom. The number of furan rings is 1. The third-order valence-electron chi connectivity index (χ3n) is 5.15. The molecule has 10 nitrogen and oxygen atoms in total. The SMILES string of the molecule is CNC(=O)c1ccc(N2CCN(Cc3cc4[nH]c(=O)n(C)c(=O)c4o3)CC2)cn1. The summed E-state index contributed by atoms with van der Waals surface area (Å²) < 4.78 is 6.69. The second-order valence-electron chi connectivity index (χ2n) is 6.99. The van der Waals surface area contributed by atoms with Crippen LogP contribution in [0.4, 0.5) is 5.69 Å². The molecular weight excluding hydrogens is 376 g/mol. The molecule has 0 unspecified atom stereocenters. The van der Waals surface area contributed by atoms with E-state index in [9.17, 15) is 14.4 Å². The number of pyridine rings is 1. The highest BCUT2D eigenvalue weighted by Gasteiger charge is 2.20. The van der Waals surface area contributed by atoms with Crippen molar-refractivity contribution in [1.82, 2.24) is 24.8 Å². The van der Waals surface area contributed by atoms with Crippen molar-refractivity contribution in [3.8, 4) is 0 Å². The fourth-order valence-corrected chi connectivity index (χ4v) is 3.44. The van der Waals surface area contributed by atoms with Gasteiger partial charge in [-0.3, -0.25) is 19.1 Å². The Morgan fingerprint density at radius 2 is 2.00 bits per heavy atom. The van der Waals surface area contributed by atoms with E-state index < -0.39 is 11.2 Å². The van der Waals surface area contributed by atoms with E-state index in [2.05, 4.69) is 25.1 Å². The van der Waals surface area contributed by atoms with Gasteiger partial charge in [0.05, 0.1) is 23.9 Å². The highest BCUT2D eigenvalue weighted by Crippen LogP contribution is 2.19. The van der Waals surface area contributed by atoms with Gasteiger partial charge < -0.3 is 19.6 Å². The first kappa shape index (κ1) is 18.9. The number of anilines is 1. The van der Waals surface area contributed by atoms with E-state index in [1.165, 1.54) is 7.05 Å². The number of hydrogen-bond acceptors (Lipinski definition) is 7. The minimum absolute atomic E-state index is 0.169. The predicted molar refractivity (Wildman–Crippen MR) is 107 cm³/mol. The molecule has 1 fully saturated rings. The summed E-state index contributed by atoms with van der Waals surface area (Å²) in [4.78, 5) is 46.8. The molecule has 0 atom stereocenters. The molecule has 0 bridgehead atoms. The molecule has 1 aliphatic rings. The Kier molecular flexibility index (Phi) is 4.93. The first-order valence-electron chi connectivity index (χ1n) is 9.33. The molecule has 0 saturated carbocycles. The van der Waals surface area contributed by atoms with Crippen molar-refractivity contribution in [1.29, 1.82) is 0 Å². The molecule has 0 radical (unpaired) electrons. The molecule has 10 heteroatoms. The quantitative estimate of drug-likeness (QED) is 0.630. The first-order chi connectivity index (χ1) is 14.0. The molecule has 3 aromatic heterocycles. The van der Waals surface area contributed by atoms with E-state index in [1.807, 2.05) is 6.07 Å².